The molecule has 0 saturated carbocycles. The number of amides is 1. The van der Waals surface area contributed by atoms with Crippen LogP contribution in [0.15, 0.2) is 78.6 Å². The summed E-state index contributed by atoms with van der Waals surface area (Å²) in [5, 5.41) is 11.2. The molecule has 190 valence electrons. The van der Waals surface area contributed by atoms with Crippen LogP contribution in [0.4, 0.5) is 5.69 Å². The topological polar surface area (TPSA) is 106 Å². The third-order valence-electron chi connectivity index (χ3n) is 5.69. The number of hydrogen-bond acceptors (Lipinski definition) is 7. The molecule has 1 aliphatic rings. The lowest BCUT2D eigenvalue weighted by molar-refractivity contribution is -0.132. The molecule has 1 aromatic heterocycles. The van der Waals surface area contributed by atoms with Gasteiger partial charge in [0.05, 0.1) is 29.4 Å². The number of aliphatic hydroxyl groups excluding tert-OH is 1. The number of carbonyl (C=O) groups is 3. The molecule has 1 aliphatic heterocycles. The molecule has 2 heterocycles. The zero-order valence-corrected chi connectivity index (χ0v) is 21.0. The van der Waals surface area contributed by atoms with Crippen molar-refractivity contribution >= 4 is 29.1 Å². The summed E-state index contributed by atoms with van der Waals surface area (Å²) in [6.45, 7) is 7.32. The van der Waals surface area contributed by atoms with Crippen molar-refractivity contribution in [2.75, 3.05) is 4.90 Å². The van der Waals surface area contributed by atoms with E-state index in [-0.39, 0.29) is 23.5 Å². The van der Waals surface area contributed by atoms with Crippen LogP contribution in [-0.4, -0.2) is 40.0 Å². The quantitative estimate of drug-likeness (QED) is 0.209. The Labute approximate surface area is 215 Å². The van der Waals surface area contributed by atoms with E-state index in [1.54, 1.807) is 74.8 Å². The van der Waals surface area contributed by atoms with Crippen molar-refractivity contribution in [1.82, 2.24) is 4.98 Å². The monoisotopic (exact) mass is 500 g/mol. The summed E-state index contributed by atoms with van der Waals surface area (Å²) in [4.78, 5) is 44.2. The van der Waals surface area contributed by atoms with Crippen molar-refractivity contribution < 1.29 is 29.0 Å². The predicted molar refractivity (Wildman–Crippen MR) is 138 cm³/mol. The summed E-state index contributed by atoms with van der Waals surface area (Å²) in [7, 11) is 0. The van der Waals surface area contributed by atoms with Crippen molar-refractivity contribution in [3.8, 4) is 5.75 Å². The molecule has 1 fully saturated rings. The fraction of sp³-hybridized carbons (Fsp3) is 0.241. The first-order chi connectivity index (χ1) is 17.7. The Morgan fingerprint density at radius 2 is 1.46 bits per heavy atom. The Morgan fingerprint density at radius 1 is 0.865 bits per heavy atom. The lowest BCUT2D eigenvalue weighted by atomic mass is 9.95. The fourth-order valence-electron chi connectivity index (χ4n) is 4.12. The van der Waals surface area contributed by atoms with Gasteiger partial charge >= 0.3 is 5.97 Å². The molecule has 3 aromatic rings. The lowest BCUT2D eigenvalue weighted by Crippen LogP contribution is -2.29. The number of esters is 1. The van der Waals surface area contributed by atoms with Crippen LogP contribution in [-0.2, 0) is 14.3 Å². The minimum atomic E-state index is -0.900. The van der Waals surface area contributed by atoms with Crippen LogP contribution in [0.2, 0.25) is 0 Å². The van der Waals surface area contributed by atoms with E-state index in [0.717, 1.165) is 0 Å². The van der Waals surface area contributed by atoms with Gasteiger partial charge < -0.3 is 14.6 Å². The number of benzene rings is 2. The van der Waals surface area contributed by atoms with Gasteiger partial charge in [0.2, 0.25) is 0 Å². The molecule has 1 N–H and O–H groups in total. The van der Waals surface area contributed by atoms with Crippen LogP contribution in [0.1, 0.15) is 55.2 Å². The number of rotatable bonds is 7. The average Bonchev–Trinajstić information content (AvgIpc) is 3.14. The first-order valence-electron chi connectivity index (χ1n) is 12.0. The fourth-order valence-corrected chi connectivity index (χ4v) is 4.12. The summed E-state index contributed by atoms with van der Waals surface area (Å²) in [5.41, 5.74) is 1.64. The first kappa shape index (κ1) is 25.6. The molecule has 8 heteroatoms. The molecule has 1 saturated heterocycles. The van der Waals surface area contributed by atoms with Crippen molar-refractivity contribution in [3.05, 3.63) is 95.3 Å². The third-order valence-corrected chi connectivity index (χ3v) is 5.69. The summed E-state index contributed by atoms with van der Waals surface area (Å²) >= 11 is 0. The predicted octanol–water partition coefficient (Wildman–Crippen LogP) is 5.06. The molecule has 8 nitrogen and oxygen atoms in total. The van der Waals surface area contributed by atoms with Crippen LogP contribution in [0.3, 0.4) is 0 Å². The molecular weight excluding hydrogens is 472 g/mol. The largest absolute Gasteiger partial charge is 0.507 e. The molecule has 0 spiro atoms. The second-order valence-corrected chi connectivity index (χ2v) is 9.14. The van der Waals surface area contributed by atoms with Gasteiger partial charge in [0.1, 0.15) is 11.5 Å². The Bertz CT molecular complexity index is 1330. The van der Waals surface area contributed by atoms with Gasteiger partial charge in [0.15, 0.2) is 0 Å². The van der Waals surface area contributed by atoms with Gasteiger partial charge in [-0.05, 0) is 93.9 Å². The van der Waals surface area contributed by atoms with Gasteiger partial charge in [-0.3, -0.25) is 19.5 Å². The molecule has 1 unspecified atom stereocenters. The van der Waals surface area contributed by atoms with Gasteiger partial charge in [-0.25, -0.2) is 4.79 Å². The number of carbonyl (C=O) groups excluding carboxylic acids is 3. The van der Waals surface area contributed by atoms with Crippen LogP contribution < -0.4 is 9.64 Å². The summed E-state index contributed by atoms with van der Waals surface area (Å²) < 4.78 is 10.9. The first-order valence-corrected chi connectivity index (χ1v) is 12.0. The molecule has 37 heavy (non-hydrogen) atoms. The number of nitrogens with zero attached hydrogens (tertiary/aromatic N) is 2. The van der Waals surface area contributed by atoms with E-state index < -0.39 is 23.7 Å². The molecule has 4 rings (SSSR count). The highest BCUT2D eigenvalue weighted by atomic mass is 16.5. The average molecular weight is 501 g/mol. The number of anilines is 1. The maximum Gasteiger partial charge on any atom is 0.338 e. The maximum absolute atomic E-state index is 13.3. The SMILES string of the molecule is CC(C)OC(=O)c1ccc(N2C(=O)C(=O)/C(=C(/O)c3ccc(OC(C)C)cc3)C2c2ccncc2)cc1. The van der Waals surface area contributed by atoms with Gasteiger partial charge in [-0.2, -0.15) is 0 Å². The Morgan fingerprint density at radius 3 is 2.03 bits per heavy atom. The van der Waals surface area contributed by atoms with Crippen molar-refractivity contribution in [2.24, 2.45) is 0 Å². The molecule has 0 radical (unpaired) electrons. The molecular formula is C29H28N2O6. The van der Waals surface area contributed by atoms with Gasteiger partial charge in [0.25, 0.3) is 11.7 Å². The van der Waals surface area contributed by atoms with Gasteiger partial charge in [-0.15, -0.1) is 0 Å². The molecule has 1 atom stereocenters. The number of ketones is 1. The van der Waals surface area contributed by atoms with Gasteiger partial charge in [-0.1, -0.05) is 0 Å². The van der Waals surface area contributed by atoms with E-state index in [1.807, 2.05) is 13.8 Å². The van der Waals surface area contributed by atoms with Gasteiger partial charge in [0, 0.05) is 23.6 Å². The summed E-state index contributed by atoms with van der Waals surface area (Å²) in [6, 6.07) is 15.4. The van der Waals surface area contributed by atoms with E-state index in [4.69, 9.17) is 9.47 Å². The van der Waals surface area contributed by atoms with E-state index in [2.05, 4.69) is 4.98 Å². The molecule has 2 aromatic carbocycles. The van der Waals surface area contributed by atoms with Crippen LogP contribution in [0.5, 0.6) is 5.75 Å². The zero-order chi connectivity index (χ0) is 26.7. The van der Waals surface area contributed by atoms with Crippen LogP contribution in [0.25, 0.3) is 5.76 Å². The highest BCUT2D eigenvalue weighted by Gasteiger charge is 2.47. The highest BCUT2D eigenvalue weighted by Crippen LogP contribution is 2.42. The van der Waals surface area contributed by atoms with Crippen LogP contribution >= 0.6 is 0 Å². The Kier molecular flexibility index (Phi) is 7.38. The second-order valence-electron chi connectivity index (χ2n) is 9.14. The number of aromatic nitrogens is 1. The van der Waals surface area contributed by atoms with Crippen molar-refractivity contribution in [2.45, 2.75) is 45.9 Å². The second kappa shape index (κ2) is 10.7. The Balaban J connectivity index is 1.78. The number of ether oxygens (including phenoxy) is 2. The zero-order valence-electron chi connectivity index (χ0n) is 21.0. The smallest absolute Gasteiger partial charge is 0.338 e. The third kappa shape index (κ3) is 5.38. The van der Waals surface area contributed by atoms with E-state index in [0.29, 0.717) is 28.1 Å². The lowest BCUT2D eigenvalue weighted by Gasteiger charge is -2.25. The van der Waals surface area contributed by atoms with Crippen LogP contribution in [0, 0.1) is 0 Å². The highest BCUT2D eigenvalue weighted by molar-refractivity contribution is 6.51. The van der Waals surface area contributed by atoms with E-state index in [1.165, 1.54) is 17.0 Å². The molecule has 0 aliphatic carbocycles. The number of Topliss-reactive ketones (excluding diaryl/α,β-unsaturated/α-hetero) is 1. The summed E-state index contributed by atoms with van der Waals surface area (Å²) in [6.07, 6.45) is 2.81. The van der Waals surface area contributed by atoms with Crippen molar-refractivity contribution in [3.63, 3.8) is 0 Å². The standard InChI is InChI=1S/C29H28N2O6/c1-17(2)36-23-11-7-20(8-12-23)26(32)24-25(19-13-15-30-16-14-19)31(28(34)27(24)33)22-9-5-21(6-10-22)29(35)37-18(3)4/h5-18,25,32H,1-4H3/b26-24+. The normalized spacial score (nSPS) is 16.9. The number of pyridine rings is 1. The van der Waals surface area contributed by atoms with E-state index >= 15 is 0 Å². The minimum absolute atomic E-state index is 0.0184. The number of aliphatic hydroxyl groups is 1. The Hall–Kier alpha value is -4.46. The molecule has 1 amide bonds. The molecule has 0 bridgehead atoms. The van der Waals surface area contributed by atoms with Crippen molar-refractivity contribution in [1.29, 1.82) is 0 Å². The minimum Gasteiger partial charge on any atom is -0.507 e. The maximum atomic E-state index is 13.3. The number of hydrogen-bond donors (Lipinski definition) is 1. The van der Waals surface area contributed by atoms with E-state index in [9.17, 15) is 19.5 Å². The summed E-state index contributed by atoms with van der Waals surface area (Å²) in [5.74, 6) is -1.77.